The Morgan fingerprint density at radius 1 is 0.692 bits per heavy atom. The summed E-state index contributed by atoms with van der Waals surface area (Å²) in [5.41, 5.74) is 3.96. The molecule has 3 aromatic carbocycles. The normalized spacial score (nSPS) is 11.9. The van der Waals surface area contributed by atoms with E-state index in [0.717, 1.165) is 24.3 Å². The Morgan fingerprint density at radius 3 is 1.79 bits per heavy atom. The average molecular weight is 569 g/mol. The SMILES string of the molecule is FC(F)(F)Oc1ccc(C=NNc2nc(Nc3ccc(Cl)cc3)nc(-c3ccc(OC(F)(F)F)cc3)n2)cc1. The largest absolute Gasteiger partial charge is 0.573 e. The average Bonchev–Trinajstić information content (AvgIpc) is 2.85. The molecule has 0 saturated carbocycles. The van der Waals surface area contributed by atoms with Crippen LogP contribution in [0.1, 0.15) is 5.56 Å². The first kappa shape index (κ1) is 27.4. The monoisotopic (exact) mass is 568 g/mol. The molecule has 4 rings (SSSR count). The summed E-state index contributed by atoms with van der Waals surface area (Å²) in [6.07, 6.45) is -8.35. The fraction of sp³-hybridized carbons (Fsp3) is 0.0833. The molecule has 1 heterocycles. The zero-order valence-electron chi connectivity index (χ0n) is 19.3. The van der Waals surface area contributed by atoms with E-state index in [1.54, 1.807) is 24.3 Å². The molecule has 0 spiro atoms. The third-order valence-corrected chi connectivity index (χ3v) is 4.83. The van der Waals surface area contributed by atoms with Crippen molar-refractivity contribution in [3.63, 3.8) is 0 Å². The van der Waals surface area contributed by atoms with Gasteiger partial charge in [-0.3, -0.25) is 0 Å². The van der Waals surface area contributed by atoms with Crippen LogP contribution in [0, 0.1) is 0 Å². The van der Waals surface area contributed by atoms with Crippen molar-refractivity contribution in [1.29, 1.82) is 0 Å². The van der Waals surface area contributed by atoms with Crippen LogP contribution in [0.15, 0.2) is 77.9 Å². The highest BCUT2D eigenvalue weighted by molar-refractivity contribution is 6.30. The molecule has 0 atom stereocenters. The molecule has 8 nitrogen and oxygen atoms in total. The zero-order chi connectivity index (χ0) is 28.0. The van der Waals surface area contributed by atoms with Crippen LogP contribution in [-0.4, -0.2) is 33.9 Å². The Labute approximate surface area is 221 Å². The topological polar surface area (TPSA) is 93.6 Å². The molecule has 39 heavy (non-hydrogen) atoms. The van der Waals surface area contributed by atoms with E-state index < -0.39 is 18.5 Å². The van der Waals surface area contributed by atoms with Crippen LogP contribution >= 0.6 is 11.6 Å². The molecular formula is C24H15ClF6N6O2. The lowest BCUT2D eigenvalue weighted by Gasteiger charge is -2.11. The van der Waals surface area contributed by atoms with Gasteiger partial charge in [0.15, 0.2) is 5.82 Å². The number of nitrogens with zero attached hydrogens (tertiary/aromatic N) is 4. The second kappa shape index (κ2) is 11.4. The molecule has 0 aliphatic carbocycles. The first-order valence-electron chi connectivity index (χ1n) is 10.7. The van der Waals surface area contributed by atoms with Crippen LogP contribution in [0.25, 0.3) is 11.4 Å². The second-order valence-corrected chi connectivity index (χ2v) is 7.93. The highest BCUT2D eigenvalue weighted by Gasteiger charge is 2.31. The number of hydrogen-bond acceptors (Lipinski definition) is 8. The minimum Gasteiger partial charge on any atom is -0.406 e. The van der Waals surface area contributed by atoms with Gasteiger partial charge in [0.1, 0.15) is 11.5 Å². The highest BCUT2D eigenvalue weighted by atomic mass is 35.5. The summed E-state index contributed by atoms with van der Waals surface area (Å²) in [7, 11) is 0. The van der Waals surface area contributed by atoms with Crippen LogP contribution in [0.4, 0.5) is 43.9 Å². The van der Waals surface area contributed by atoms with E-state index in [-0.39, 0.29) is 23.5 Å². The molecule has 0 fully saturated rings. The smallest absolute Gasteiger partial charge is 0.406 e. The lowest BCUT2D eigenvalue weighted by molar-refractivity contribution is -0.275. The molecule has 1 aromatic heterocycles. The minimum atomic E-state index is -4.84. The van der Waals surface area contributed by atoms with Crippen molar-refractivity contribution in [2.24, 2.45) is 5.10 Å². The van der Waals surface area contributed by atoms with E-state index in [9.17, 15) is 26.3 Å². The van der Waals surface area contributed by atoms with Crippen molar-refractivity contribution in [2.45, 2.75) is 12.7 Å². The van der Waals surface area contributed by atoms with Gasteiger partial charge in [-0.1, -0.05) is 11.6 Å². The van der Waals surface area contributed by atoms with Gasteiger partial charge < -0.3 is 14.8 Å². The standard InChI is InChI=1S/C24H15ClF6N6O2/c25-16-5-7-17(8-6-16)33-21-34-20(15-3-11-19(12-4-15)39-24(29,30)31)35-22(36-21)37-32-13-14-1-9-18(10-2-14)38-23(26,27)28/h1-13H,(H2,33,34,35,36,37). The van der Waals surface area contributed by atoms with Gasteiger partial charge in [0, 0.05) is 16.3 Å². The van der Waals surface area contributed by atoms with Crippen LogP contribution in [-0.2, 0) is 0 Å². The van der Waals surface area contributed by atoms with E-state index in [0.29, 0.717) is 21.8 Å². The molecule has 0 bridgehead atoms. The summed E-state index contributed by atoms with van der Waals surface area (Å²) < 4.78 is 82.1. The zero-order valence-corrected chi connectivity index (χ0v) is 20.0. The van der Waals surface area contributed by atoms with Gasteiger partial charge in [-0.2, -0.15) is 20.1 Å². The highest BCUT2D eigenvalue weighted by Crippen LogP contribution is 2.27. The van der Waals surface area contributed by atoms with Gasteiger partial charge in [0.05, 0.1) is 6.21 Å². The quantitative estimate of drug-likeness (QED) is 0.132. The molecule has 4 aromatic rings. The van der Waals surface area contributed by atoms with Crippen molar-refractivity contribution in [3.05, 3.63) is 83.4 Å². The maximum atomic E-state index is 12.5. The van der Waals surface area contributed by atoms with Crippen molar-refractivity contribution in [3.8, 4) is 22.9 Å². The molecule has 0 unspecified atom stereocenters. The number of ether oxygens (including phenoxy) is 2. The molecular weight excluding hydrogens is 554 g/mol. The Bertz CT molecular complexity index is 1430. The maximum absolute atomic E-state index is 12.5. The number of hydrazone groups is 1. The number of aromatic nitrogens is 3. The third kappa shape index (κ3) is 8.74. The summed E-state index contributed by atoms with van der Waals surface area (Å²) in [5.74, 6) is -0.690. The van der Waals surface area contributed by atoms with Crippen LogP contribution in [0.5, 0.6) is 11.5 Å². The van der Waals surface area contributed by atoms with E-state index in [4.69, 9.17) is 11.6 Å². The lowest BCUT2D eigenvalue weighted by Crippen LogP contribution is -2.17. The number of nitrogens with one attached hydrogen (secondary N) is 2. The number of hydrogen-bond donors (Lipinski definition) is 2. The number of anilines is 3. The van der Waals surface area contributed by atoms with Crippen LogP contribution in [0.2, 0.25) is 5.02 Å². The number of alkyl halides is 6. The molecule has 0 aliphatic heterocycles. The van der Waals surface area contributed by atoms with Crippen molar-refractivity contribution in [1.82, 2.24) is 15.0 Å². The molecule has 202 valence electrons. The first-order valence-corrected chi connectivity index (χ1v) is 11.1. The lowest BCUT2D eigenvalue weighted by atomic mass is 10.2. The van der Waals surface area contributed by atoms with Gasteiger partial charge in [0.25, 0.3) is 0 Å². The second-order valence-electron chi connectivity index (χ2n) is 7.50. The van der Waals surface area contributed by atoms with Crippen molar-refractivity contribution in [2.75, 3.05) is 10.7 Å². The van der Waals surface area contributed by atoms with Gasteiger partial charge in [-0.05, 0) is 78.4 Å². The van der Waals surface area contributed by atoms with Crippen molar-refractivity contribution < 1.29 is 35.8 Å². The molecule has 0 saturated heterocycles. The van der Waals surface area contributed by atoms with Gasteiger partial charge in [-0.15, -0.1) is 26.3 Å². The number of halogens is 7. The molecule has 15 heteroatoms. The summed E-state index contributed by atoms with van der Waals surface area (Å²) in [4.78, 5) is 12.8. The van der Waals surface area contributed by atoms with Gasteiger partial charge in [0.2, 0.25) is 11.9 Å². The predicted molar refractivity (Wildman–Crippen MR) is 131 cm³/mol. The van der Waals surface area contributed by atoms with Gasteiger partial charge in [-0.25, -0.2) is 5.43 Å². The van der Waals surface area contributed by atoms with Gasteiger partial charge >= 0.3 is 12.7 Å². The number of benzene rings is 3. The molecule has 2 N–H and O–H groups in total. The van der Waals surface area contributed by atoms with E-state index in [1.807, 2.05) is 0 Å². The van der Waals surface area contributed by atoms with E-state index >= 15 is 0 Å². The molecule has 0 radical (unpaired) electrons. The van der Waals surface area contributed by atoms with E-state index in [1.165, 1.54) is 30.5 Å². The third-order valence-electron chi connectivity index (χ3n) is 4.57. The van der Waals surface area contributed by atoms with E-state index in [2.05, 4.69) is 40.3 Å². The molecule has 0 amide bonds. The maximum Gasteiger partial charge on any atom is 0.573 e. The van der Waals surface area contributed by atoms with Crippen LogP contribution in [0.3, 0.4) is 0 Å². The minimum absolute atomic E-state index is 0.0413. The first-order chi connectivity index (χ1) is 18.4. The summed E-state index contributed by atoms with van der Waals surface area (Å²) in [6.45, 7) is 0. The molecule has 0 aliphatic rings. The fourth-order valence-electron chi connectivity index (χ4n) is 3.00. The Kier molecular flexibility index (Phi) is 8.04. The number of rotatable bonds is 8. The predicted octanol–water partition coefficient (Wildman–Crippen LogP) is 7.18. The Hall–Kier alpha value is -4.59. The summed E-state index contributed by atoms with van der Waals surface area (Å²) >= 11 is 5.91. The summed E-state index contributed by atoms with van der Waals surface area (Å²) in [6, 6.07) is 16.4. The Morgan fingerprint density at radius 2 is 1.23 bits per heavy atom. The van der Waals surface area contributed by atoms with Crippen molar-refractivity contribution >= 4 is 35.4 Å². The summed E-state index contributed by atoms with van der Waals surface area (Å²) in [5, 5.41) is 7.46. The fourth-order valence-corrected chi connectivity index (χ4v) is 3.13. The van der Waals surface area contributed by atoms with Crippen LogP contribution < -0.4 is 20.2 Å². The Balaban J connectivity index is 1.56.